The molecule has 5 nitrogen and oxygen atoms in total. The molecule has 3 aromatic heterocycles. The van der Waals surface area contributed by atoms with Gasteiger partial charge in [0.25, 0.3) is 5.91 Å². The molecule has 0 bridgehead atoms. The Bertz CT molecular complexity index is 1110. The number of aromatic nitrogens is 2. The van der Waals surface area contributed by atoms with Gasteiger partial charge in [-0.3, -0.25) is 9.69 Å². The first-order chi connectivity index (χ1) is 14.2. The minimum atomic E-state index is -0.0441. The summed E-state index contributed by atoms with van der Waals surface area (Å²) in [5.41, 5.74) is 1.68. The van der Waals surface area contributed by atoms with Crippen LogP contribution in [0.2, 0.25) is 0 Å². The van der Waals surface area contributed by atoms with Crippen LogP contribution in [0.4, 0.5) is 5.13 Å². The lowest BCUT2D eigenvalue weighted by atomic mass is 10.2. The van der Waals surface area contributed by atoms with E-state index >= 15 is 0 Å². The standard InChI is InChI=1S/C21H19N3O2S3/c1-13-18(29-19(22-13)17-9-5-11-27-17)20(25)24(12-14-6-4-10-26-14)21-23-15-7-2-3-8-16(15)28-21/h2-3,5,7-9,11,14H,4,6,10,12H2,1H3/t14-/m0/s1. The average Bonchev–Trinajstić information content (AvgIpc) is 3.52. The Kier molecular flexibility index (Phi) is 5.17. The summed E-state index contributed by atoms with van der Waals surface area (Å²) in [5, 5.41) is 3.64. The second kappa shape index (κ2) is 7.95. The minimum absolute atomic E-state index is 0.0441. The first kappa shape index (κ1) is 18.9. The Morgan fingerprint density at radius 3 is 2.86 bits per heavy atom. The van der Waals surface area contributed by atoms with E-state index in [0.29, 0.717) is 11.4 Å². The first-order valence-corrected chi connectivity index (χ1v) is 12.0. The number of hydrogen-bond acceptors (Lipinski definition) is 7. The number of aryl methyl sites for hydroxylation is 1. The summed E-state index contributed by atoms with van der Waals surface area (Å²) in [6, 6.07) is 12.0. The zero-order valence-corrected chi connectivity index (χ0v) is 18.3. The number of thiophene rings is 1. The van der Waals surface area contributed by atoms with Crippen LogP contribution in [0.15, 0.2) is 41.8 Å². The number of thiazole rings is 2. The molecule has 5 rings (SSSR count). The van der Waals surface area contributed by atoms with Crippen molar-refractivity contribution in [3.05, 3.63) is 52.3 Å². The highest BCUT2D eigenvalue weighted by atomic mass is 32.1. The Labute approximate surface area is 180 Å². The van der Waals surface area contributed by atoms with Gasteiger partial charge in [-0.25, -0.2) is 9.97 Å². The number of fused-ring (bicyclic) bond motifs is 1. The normalized spacial score (nSPS) is 16.5. The van der Waals surface area contributed by atoms with Gasteiger partial charge in [0.15, 0.2) is 5.13 Å². The van der Waals surface area contributed by atoms with Crippen LogP contribution in [0.25, 0.3) is 20.1 Å². The molecule has 1 fully saturated rings. The smallest absolute Gasteiger partial charge is 0.272 e. The van der Waals surface area contributed by atoms with E-state index in [-0.39, 0.29) is 12.0 Å². The van der Waals surface area contributed by atoms with Crippen molar-refractivity contribution in [1.29, 1.82) is 0 Å². The summed E-state index contributed by atoms with van der Waals surface area (Å²) in [5.74, 6) is -0.0441. The van der Waals surface area contributed by atoms with Gasteiger partial charge in [-0.1, -0.05) is 29.5 Å². The van der Waals surface area contributed by atoms with E-state index < -0.39 is 0 Å². The fourth-order valence-corrected chi connectivity index (χ4v) is 6.22. The molecular formula is C21H19N3O2S3. The van der Waals surface area contributed by atoms with E-state index in [1.54, 1.807) is 27.6 Å². The van der Waals surface area contributed by atoms with E-state index in [4.69, 9.17) is 9.72 Å². The van der Waals surface area contributed by atoms with Gasteiger partial charge in [-0.15, -0.1) is 22.7 Å². The van der Waals surface area contributed by atoms with Crippen molar-refractivity contribution in [1.82, 2.24) is 9.97 Å². The number of carbonyl (C=O) groups is 1. The monoisotopic (exact) mass is 441 g/mol. The molecule has 1 aliphatic heterocycles. The van der Waals surface area contributed by atoms with Crippen molar-refractivity contribution in [3.8, 4) is 9.88 Å². The molecule has 4 heterocycles. The predicted molar refractivity (Wildman–Crippen MR) is 120 cm³/mol. The quantitative estimate of drug-likeness (QED) is 0.404. The minimum Gasteiger partial charge on any atom is -0.376 e. The van der Waals surface area contributed by atoms with Crippen LogP contribution in [0.3, 0.4) is 0 Å². The number of rotatable bonds is 5. The molecule has 0 spiro atoms. The number of benzene rings is 1. The van der Waals surface area contributed by atoms with Gasteiger partial charge in [0, 0.05) is 6.61 Å². The Morgan fingerprint density at radius 2 is 2.10 bits per heavy atom. The first-order valence-electron chi connectivity index (χ1n) is 9.49. The highest BCUT2D eigenvalue weighted by molar-refractivity contribution is 7.23. The Hall–Kier alpha value is -2.13. The van der Waals surface area contributed by atoms with Crippen LogP contribution in [-0.2, 0) is 4.74 Å². The lowest BCUT2D eigenvalue weighted by molar-refractivity contribution is 0.0920. The molecule has 1 aromatic carbocycles. The number of carbonyl (C=O) groups excluding carboxylic acids is 1. The molecule has 0 unspecified atom stereocenters. The summed E-state index contributed by atoms with van der Waals surface area (Å²) in [4.78, 5) is 26.6. The van der Waals surface area contributed by atoms with Gasteiger partial charge in [0.2, 0.25) is 0 Å². The van der Waals surface area contributed by atoms with Crippen LogP contribution in [0.5, 0.6) is 0 Å². The molecule has 29 heavy (non-hydrogen) atoms. The Balaban J connectivity index is 1.52. The van der Waals surface area contributed by atoms with Crippen molar-refractivity contribution in [2.45, 2.75) is 25.9 Å². The van der Waals surface area contributed by atoms with Crippen LogP contribution >= 0.6 is 34.0 Å². The van der Waals surface area contributed by atoms with Gasteiger partial charge in [-0.2, -0.15) is 0 Å². The fourth-order valence-electron chi connectivity index (χ4n) is 3.44. The molecule has 0 radical (unpaired) electrons. The molecule has 0 aliphatic carbocycles. The lowest BCUT2D eigenvalue weighted by Gasteiger charge is -2.22. The maximum Gasteiger partial charge on any atom is 0.272 e. The lowest BCUT2D eigenvalue weighted by Crippen LogP contribution is -2.37. The average molecular weight is 442 g/mol. The third kappa shape index (κ3) is 3.73. The molecule has 1 aliphatic rings. The fraction of sp³-hybridized carbons (Fsp3) is 0.286. The zero-order chi connectivity index (χ0) is 19.8. The SMILES string of the molecule is Cc1nc(-c2cccs2)sc1C(=O)N(C[C@@H]1CCCO1)c1nc2ccccc2s1. The second-order valence-corrected chi connectivity index (χ2v) is 9.88. The molecule has 4 aromatic rings. The summed E-state index contributed by atoms with van der Waals surface area (Å²) < 4.78 is 6.91. The van der Waals surface area contributed by atoms with E-state index in [0.717, 1.165) is 50.4 Å². The predicted octanol–water partition coefficient (Wildman–Crippen LogP) is 5.62. The largest absolute Gasteiger partial charge is 0.376 e. The molecule has 0 saturated carbocycles. The Morgan fingerprint density at radius 1 is 1.21 bits per heavy atom. The maximum atomic E-state index is 13.6. The summed E-state index contributed by atoms with van der Waals surface area (Å²) in [6.45, 7) is 3.18. The van der Waals surface area contributed by atoms with Crippen molar-refractivity contribution in [2.75, 3.05) is 18.1 Å². The summed E-state index contributed by atoms with van der Waals surface area (Å²) >= 11 is 4.64. The third-order valence-corrected chi connectivity index (χ3v) is 8.14. The number of para-hydroxylation sites is 1. The molecular weight excluding hydrogens is 422 g/mol. The zero-order valence-electron chi connectivity index (χ0n) is 15.8. The van der Waals surface area contributed by atoms with Gasteiger partial charge in [0.05, 0.1) is 33.4 Å². The number of anilines is 1. The molecule has 0 N–H and O–H groups in total. The number of nitrogens with zero attached hydrogens (tertiary/aromatic N) is 3. The van der Waals surface area contributed by atoms with Gasteiger partial charge >= 0.3 is 0 Å². The molecule has 148 valence electrons. The van der Waals surface area contributed by atoms with Gasteiger partial charge in [0.1, 0.15) is 9.88 Å². The summed E-state index contributed by atoms with van der Waals surface area (Å²) in [6.07, 6.45) is 2.06. The second-order valence-electron chi connectivity index (χ2n) is 6.93. The van der Waals surface area contributed by atoms with Crippen molar-refractivity contribution in [3.63, 3.8) is 0 Å². The maximum absolute atomic E-state index is 13.6. The highest BCUT2D eigenvalue weighted by Gasteiger charge is 2.29. The number of hydrogen-bond donors (Lipinski definition) is 0. The molecule has 8 heteroatoms. The van der Waals surface area contributed by atoms with Crippen molar-refractivity contribution in [2.24, 2.45) is 0 Å². The molecule has 1 atom stereocenters. The molecule has 1 amide bonds. The van der Waals surface area contributed by atoms with E-state index in [9.17, 15) is 4.79 Å². The van der Waals surface area contributed by atoms with E-state index in [1.165, 1.54) is 11.3 Å². The van der Waals surface area contributed by atoms with E-state index in [2.05, 4.69) is 4.98 Å². The van der Waals surface area contributed by atoms with Crippen molar-refractivity contribution >= 4 is 55.3 Å². The van der Waals surface area contributed by atoms with Gasteiger partial charge in [-0.05, 0) is 43.3 Å². The number of amides is 1. The van der Waals surface area contributed by atoms with Crippen molar-refractivity contribution < 1.29 is 9.53 Å². The highest BCUT2D eigenvalue weighted by Crippen LogP contribution is 2.35. The number of ether oxygens (including phenoxy) is 1. The topological polar surface area (TPSA) is 55.3 Å². The van der Waals surface area contributed by atoms with Crippen LogP contribution in [-0.4, -0.2) is 35.1 Å². The third-order valence-electron chi connectivity index (χ3n) is 4.89. The molecule has 1 saturated heterocycles. The van der Waals surface area contributed by atoms with Crippen LogP contribution in [0, 0.1) is 6.92 Å². The van der Waals surface area contributed by atoms with Crippen LogP contribution in [0.1, 0.15) is 28.2 Å². The van der Waals surface area contributed by atoms with Gasteiger partial charge < -0.3 is 4.74 Å². The van der Waals surface area contributed by atoms with Crippen LogP contribution < -0.4 is 4.90 Å². The summed E-state index contributed by atoms with van der Waals surface area (Å²) in [7, 11) is 0. The van der Waals surface area contributed by atoms with E-state index in [1.807, 2.05) is 48.7 Å².